The smallest absolute Gasteiger partial charge is 0.340 e. The molecule has 0 saturated heterocycles. The number of nitrogens with zero attached hydrogens (tertiary/aromatic N) is 1. The maximum atomic E-state index is 12.8. The molecule has 1 aromatic rings. The van der Waals surface area contributed by atoms with Gasteiger partial charge in [0.25, 0.3) is 5.91 Å². The quantitative estimate of drug-likeness (QED) is 0.572. The Labute approximate surface area is 152 Å². The highest BCUT2D eigenvalue weighted by atomic mass is 16.5. The molecular weight excluding hydrogens is 338 g/mol. The molecule has 7 heteroatoms. The second-order valence-corrected chi connectivity index (χ2v) is 5.48. The molecule has 2 rings (SSSR count). The van der Waals surface area contributed by atoms with Crippen molar-refractivity contribution < 1.29 is 28.5 Å². The summed E-state index contributed by atoms with van der Waals surface area (Å²) in [6.45, 7) is 4.02. The van der Waals surface area contributed by atoms with Crippen LogP contribution in [-0.2, 0) is 14.3 Å². The third kappa shape index (κ3) is 3.12. The maximum absolute atomic E-state index is 12.8. The third-order valence-corrected chi connectivity index (χ3v) is 4.25. The number of benzene rings is 1. The number of methoxy groups -OCH3 is 4. The normalized spacial score (nSPS) is 15.5. The second-order valence-electron chi connectivity index (χ2n) is 5.48. The molecule has 7 nitrogen and oxygen atoms in total. The number of rotatable bonds is 6. The predicted molar refractivity (Wildman–Crippen MR) is 96.2 cm³/mol. The lowest BCUT2D eigenvalue weighted by atomic mass is 10.0. The SMILES string of the molecule is CCN1C(=O)/C(=C\c2ccc(OC)c(OC)c2OC)C(C(=O)OC)=C1C. The number of carbonyl (C=O) groups is 2. The largest absolute Gasteiger partial charge is 0.493 e. The van der Waals surface area contributed by atoms with E-state index in [1.54, 1.807) is 25.1 Å². The first-order valence-corrected chi connectivity index (χ1v) is 8.07. The van der Waals surface area contributed by atoms with Crippen LogP contribution >= 0.6 is 0 Å². The van der Waals surface area contributed by atoms with E-state index in [1.807, 2.05) is 6.92 Å². The fraction of sp³-hybridized carbons (Fsp3) is 0.368. The highest BCUT2D eigenvalue weighted by molar-refractivity contribution is 6.16. The molecule has 1 aliphatic heterocycles. The number of esters is 1. The number of amides is 1. The molecule has 0 aromatic heterocycles. The standard InChI is InChI=1S/C19H23NO6/c1-7-20-11(2)15(19(22)26-6)13(18(20)21)10-12-8-9-14(23-3)17(25-5)16(12)24-4/h8-10H,7H2,1-6H3/b13-10-. The van der Waals surface area contributed by atoms with Crippen LogP contribution in [0.25, 0.3) is 6.08 Å². The van der Waals surface area contributed by atoms with Crippen molar-refractivity contribution in [3.05, 3.63) is 34.5 Å². The Kier molecular flexibility index (Phi) is 5.92. The highest BCUT2D eigenvalue weighted by Crippen LogP contribution is 2.42. The van der Waals surface area contributed by atoms with E-state index in [9.17, 15) is 9.59 Å². The van der Waals surface area contributed by atoms with E-state index in [0.29, 0.717) is 35.1 Å². The van der Waals surface area contributed by atoms with Crippen LogP contribution in [0.2, 0.25) is 0 Å². The van der Waals surface area contributed by atoms with Crippen molar-refractivity contribution in [1.82, 2.24) is 4.90 Å². The number of hydrogen-bond acceptors (Lipinski definition) is 6. The summed E-state index contributed by atoms with van der Waals surface area (Å²) < 4.78 is 20.9. The Balaban J connectivity index is 2.68. The van der Waals surface area contributed by atoms with Gasteiger partial charge in [0.15, 0.2) is 11.5 Å². The Morgan fingerprint density at radius 1 is 1.08 bits per heavy atom. The first kappa shape index (κ1) is 19.4. The van der Waals surface area contributed by atoms with Crippen LogP contribution in [0.1, 0.15) is 19.4 Å². The van der Waals surface area contributed by atoms with Crippen LogP contribution in [0.4, 0.5) is 0 Å². The summed E-state index contributed by atoms with van der Waals surface area (Å²) in [4.78, 5) is 26.5. The van der Waals surface area contributed by atoms with Gasteiger partial charge in [-0.3, -0.25) is 4.79 Å². The van der Waals surface area contributed by atoms with Crippen molar-refractivity contribution in [2.24, 2.45) is 0 Å². The summed E-state index contributed by atoms with van der Waals surface area (Å²) in [6.07, 6.45) is 1.61. The van der Waals surface area contributed by atoms with Gasteiger partial charge < -0.3 is 23.8 Å². The topological polar surface area (TPSA) is 74.3 Å². The molecule has 26 heavy (non-hydrogen) atoms. The molecule has 1 amide bonds. The van der Waals surface area contributed by atoms with Gasteiger partial charge in [0.2, 0.25) is 5.75 Å². The average Bonchev–Trinajstić information content (AvgIpc) is 2.89. The first-order valence-electron chi connectivity index (χ1n) is 8.07. The molecule has 0 atom stereocenters. The van der Waals surface area contributed by atoms with Crippen molar-refractivity contribution in [3.8, 4) is 17.2 Å². The van der Waals surface area contributed by atoms with Gasteiger partial charge in [-0.15, -0.1) is 0 Å². The average molecular weight is 361 g/mol. The fourth-order valence-corrected chi connectivity index (χ4v) is 3.00. The summed E-state index contributed by atoms with van der Waals surface area (Å²) >= 11 is 0. The minimum atomic E-state index is -0.558. The van der Waals surface area contributed by atoms with Gasteiger partial charge in [0, 0.05) is 17.8 Å². The van der Waals surface area contributed by atoms with Crippen molar-refractivity contribution in [3.63, 3.8) is 0 Å². The fourth-order valence-electron chi connectivity index (χ4n) is 3.00. The lowest BCUT2D eigenvalue weighted by molar-refractivity contribution is -0.136. The van der Waals surface area contributed by atoms with Crippen molar-refractivity contribution in [2.45, 2.75) is 13.8 Å². The van der Waals surface area contributed by atoms with Crippen LogP contribution < -0.4 is 14.2 Å². The van der Waals surface area contributed by atoms with Gasteiger partial charge in [0.05, 0.1) is 39.6 Å². The number of ether oxygens (including phenoxy) is 4. The molecule has 1 aromatic carbocycles. The summed E-state index contributed by atoms with van der Waals surface area (Å²) in [7, 11) is 5.81. The van der Waals surface area contributed by atoms with Crippen molar-refractivity contribution >= 4 is 18.0 Å². The van der Waals surface area contributed by atoms with E-state index in [0.717, 1.165) is 0 Å². The molecule has 0 fully saturated rings. The summed E-state index contributed by atoms with van der Waals surface area (Å²) in [5, 5.41) is 0. The zero-order valence-electron chi connectivity index (χ0n) is 15.8. The zero-order valence-corrected chi connectivity index (χ0v) is 15.8. The van der Waals surface area contributed by atoms with Gasteiger partial charge >= 0.3 is 5.97 Å². The minimum Gasteiger partial charge on any atom is -0.493 e. The molecule has 0 spiro atoms. The van der Waals surface area contributed by atoms with Crippen LogP contribution in [0.15, 0.2) is 29.0 Å². The van der Waals surface area contributed by atoms with E-state index < -0.39 is 5.97 Å². The van der Waals surface area contributed by atoms with E-state index in [4.69, 9.17) is 18.9 Å². The predicted octanol–water partition coefficient (Wildman–Crippen LogP) is 2.40. The van der Waals surface area contributed by atoms with E-state index in [1.165, 1.54) is 33.3 Å². The number of likely N-dealkylation sites (N-methyl/N-ethyl adjacent to an activating group) is 1. The van der Waals surface area contributed by atoms with Crippen molar-refractivity contribution in [1.29, 1.82) is 0 Å². The lowest BCUT2D eigenvalue weighted by Crippen LogP contribution is -2.24. The molecule has 1 heterocycles. The number of allylic oxidation sites excluding steroid dienone is 1. The van der Waals surface area contributed by atoms with Crippen molar-refractivity contribution in [2.75, 3.05) is 35.0 Å². The minimum absolute atomic E-state index is 0.246. The second kappa shape index (κ2) is 7.95. The maximum Gasteiger partial charge on any atom is 0.340 e. The molecule has 0 bridgehead atoms. The molecule has 0 radical (unpaired) electrons. The Bertz CT molecular complexity index is 793. The van der Waals surface area contributed by atoms with Crippen LogP contribution in [0.5, 0.6) is 17.2 Å². The highest BCUT2D eigenvalue weighted by Gasteiger charge is 2.36. The van der Waals surface area contributed by atoms with Gasteiger partial charge in [-0.25, -0.2) is 4.79 Å². The Hall–Kier alpha value is -2.96. The van der Waals surface area contributed by atoms with Crippen LogP contribution in [0.3, 0.4) is 0 Å². The van der Waals surface area contributed by atoms with Gasteiger partial charge in [-0.1, -0.05) is 0 Å². The molecule has 0 N–H and O–H groups in total. The van der Waals surface area contributed by atoms with E-state index in [2.05, 4.69) is 0 Å². The molecule has 140 valence electrons. The van der Waals surface area contributed by atoms with Crippen LogP contribution in [-0.4, -0.2) is 51.8 Å². The summed E-state index contributed by atoms with van der Waals surface area (Å²) in [6, 6.07) is 3.44. The van der Waals surface area contributed by atoms with Crippen LogP contribution in [0, 0.1) is 0 Å². The lowest BCUT2D eigenvalue weighted by Gasteiger charge is -2.15. The number of carbonyl (C=O) groups excluding carboxylic acids is 2. The van der Waals surface area contributed by atoms with E-state index >= 15 is 0 Å². The zero-order chi connectivity index (χ0) is 19.4. The Morgan fingerprint density at radius 3 is 2.23 bits per heavy atom. The first-order chi connectivity index (χ1) is 12.4. The molecule has 0 aliphatic carbocycles. The molecule has 0 unspecified atom stereocenters. The number of hydrogen-bond donors (Lipinski definition) is 0. The monoisotopic (exact) mass is 361 g/mol. The van der Waals surface area contributed by atoms with Gasteiger partial charge in [-0.2, -0.15) is 0 Å². The van der Waals surface area contributed by atoms with E-state index in [-0.39, 0.29) is 17.1 Å². The summed E-state index contributed by atoms with van der Waals surface area (Å²) in [5.74, 6) is 0.491. The van der Waals surface area contributed by atoms with Gasteiger partial charge in [0.1, 0.15) is 0 Å². The molecule has 0 saturated carbocycles. The molecule has 1 aliphatic rings. The summed E-state index contributed by atoms with van der Waals surface area (Å²) in [5.41, 5.74) is 1.65. The third-order valence-electron chi connectivity index (χ3n) is 4.25. The van der Waals surface area contributed by atoms with Gasteiger partial charge in [-0.05, 0) is 32.1 Å². The molecular formula is C19H23NO6. The Morgan fingerprint density at radius 2 is 1.73 bits per heavy atom.